The van der Waals surface area contributed by atoms with E-state index < -0.39 is 0 Å². The molecule has 0 bridgehead atoms. The molecule has 0 unspecified atom stereocenters. The van der Waals surface area contributed by atoms with E-state index in [9.17, 15) is 4.79 Å². The maximum absolute atomic E-state index is 12.1. The first-order valence-electron chi connectivity index (χ1n) is 7.09. The van der Waals surface area contributed by atoms with Crippen molar-refractivity contribution >= 4 is 5.78 Å². The number of Topliss-reactive ketones (excluding diaryl/α,β-unsaturated/α-hetero) is 1. The van der Waals surface area contributed by atoms with E-state index in [1.165, 1.54) is 6.33 Å². The van der Waals surface area contributed by atoms with Gasteiger partial charge >= 0.3 is 0 Å². The van der Waals surface area contributed by atoms with Gasteiger partial charge in [0.05, 0.1) is 0 Å². The first kappa shape index (κ1) is 14.1. The van der Waals surface area contributed by atoms with Crippen LogP contribution in [0.3, 0.4) is 0 Å². The van der Waals surface area contributed by atoms with Gasteiger partial charge in [0.2, 0.25) is 0 Å². The van der Waals surface area contributed by atoms with Crippen molar-refractivity contribution in [2.75, 3.05) is 13.2 Å². The molecule has 0 spiro atoms. The van der Waals surface area contributed by atoms with E-state index in [1.54, 1.807) is 6.20 Å². The Labute approximate surface area is 114 Å². The average Bonchev–Trinajstić information content (AvgIpc) is 2.45. The van der Waals surface area contributed by atoms with Crippen LogP contribution in [0, 0.1) is 11.8 Å². The van der Waals surface area contributed by atoms with Crippen molar-refractivity contribution in [3.8, 4) is 0 Å². The first-order chi connectivity index (χ1) is 9.18. The molecule has 4 nitrogen and oxygen atoms in total. The van der Waals surface area contributed by atoms with Crippen LogP contribution in [-0.2, 0) is 11.2 Å². The van der Waals surface area contributed by atoms with Gasteiger partial charge in [0.25, 0.3) is 0 Å². The highest BCUT2D eigenvalue weighted by Gasteiger charge is 2.18. The Hall–Kier alpha value is -1.29. The number of hydrogen-bond acceptors (Lipinski definition) is 4. The van der Waals surface area contributed by atoms with Crippen LogP contribution < -0.4 is 0 Å². The van der Waals surface area contributed by atoms with Gasteiger partial charge in [-0.25, -0.2) is 9.97 Å². The topological polar surface area (TPSA) is 52.1 Å². The van der Waals surface area contributed by atoms with Crippen molar-refractivity contribution in [1.82, 2.24) is 9.97 Å². The predicted octanol–water partition coefficient (Wildman–Crippen LogP) is 2.67. The SMILES string of the molecule is CC(C)C(=O)c1ncncc1CCC1CCOCC1. The summed E-state index contributed by atoms with van der Waals surface area (Å²) < 4.78 is 5.37. The molecule has 19 heavy (non-hydrogen) atoms. The zero-order valence-electron chi connectivity index (χ0n) is 11.8. The molecule has 0 aromatic carbocycles. The molecule has 1 saturated heterocycles. The molecule has 0 amide bonds. The summed E-state index contributed by atoms with van der Waals surface area (Å²) in [5, 5.41) is 0. The summed E-state index contributed by atoms with van der Waals surface area (Å²) in [6, 6.07) is 0. The third kappa shape index (κ3) is 3.83. The largest absolute Gasteiger partial charge is 0.381 e. The van der Waals surface area contributed by atoms with Crippen molar-refractivity contribution in [3.63, 3.8) is 0 Å². The van der Waals surface area contributed by atoms with Gasteiger partial charge in [0.1, 0.15) is 12.0 Å². The number of aryl methyl sites for hydroxylation is 1. The number of carbonyl (C=O) groups is 1. The highest BCUT2D eigenvalue weighted by atomic mass is 16.5. The summed E-state index contributed by atoms with van der Waals surface area (Å²) >= 11 is 0. The van der Waals surface area contributed by atoms with Crippen LogP contribution in [-0.4, -0.2) is 29.0 Å². The van der Waals surface area contributed by atoms with Crippen molar-refractivity contribution < 1.29 is 9.53 Å². The predicted molar refractivity (Wildman–Crippen MR) is 73.1 cm³/mol. The number of aromatic nitrogens is 2. The van der Waals surface area contributed by atoms with Crippen LogP contribution in [0.2, 0.25) is 0 Å². The van der Waals surface area contributed by atoms with Crippen molar-refractivity contribution in [3.05, 3.63) is 23.8 Å². The lowest BCUT2D eigenvalue weighted by Crippen LogP contribution is -2.17. The number of hydrogen-bond donors (Lipinski definition) is 0. The van der Waals surface area contributed by atoms with Crippen LogP contribution in [0.15, 0.2) is 12.5 Å². The van der Waals surface area contributed by atoms with Crippen molar-refractivity contribution in [1.29, 1.82) is 0 Å². The summed E-state index contributed by atoms with van der Waals surface area (Å²) in [7, 11) is 0. The van der Waals surface area contributed by atoms with Gasteiger partial charge < -0.3 is 4.74 Å². The molecule has 0 saturated carbocycles. The molecule has 1 aromatic rings. The first-order valence-corrected chi connectivity index (χ1v) is 7.09. The third-order valence-corrected chi connectivity index (χ3v) is 3.71. The molecule has 2 rings (SSSR count). The average molecular weight is 262 g/mol. The Balaban J connectivity index is 2.01. The second kappa shape index (κ2) is 6.75. The zero-order chi connectivity index (χ0) is 13.7. The molecule has 1 aliphatic rings. The van der Waals surface area contributed by atoms with E-state index in [4.69, 9.17) is 4.74 Å². The Morgan fingerprint density at radius 2 is 2.16 bits per heavy atom. The fraction of sp³-hybridized carbons (Fsp3) is 0.667. The lowest BCUT2D eigenvalue weighted by Gasteiger charge is -2.22. The maximum Gasteiger partial charge on any atom is 0.184 e. The van der Waals surface area contributed by atoms with Gasteiger partial charge in [-0.2, -0.15) is 0 Å². The number of nitrogens with zero attached hydrogens (tertiary/aromatic N) is 2. The smallest absolute Gasteiger partial charge is 0.184 e. The number of rotatable bonds is 5. The van der Waals surface area contributed by atoms with Gasteiger partial charge in [-0.3, -0.25) is 4.79 Å². The lowest BCUT2D eigenvalue weighted by atomic mass is 9.91. The standard InChI is InChI=1S/C15H22N2O2/c1-11(2)15(18)14-13(9-16-10-17-14)4-3-12-5-7-19-8-6-12/h9-12H,3-8H2,1-2H3. The van der Waals surface area contributed by atoms with E-state index in [0.717, 1.165) is 44.5 Å². The molecular weight excluding hydrogens is 240 g/mol. The highest BCUT2D eigenvalue weighted by molar-refractivity contribution is 5.96. The van der Waals surface area contributed by atoms with E-state index in [1.807, 2.05) is 13.8 Å². The zero-order valence-corrected chi connectivity index (χ0v) is 11.8. The lowest BCUT2D eigenvalue weighted by molar-refractivity contribution is 0.0639. The molecule has 4 heteroatoms. The van der Waals surface area contributed by atoms with Gasteiger partial charge in [0.15, 0.2) is 5.78 Å². The van der Waals surface area contributed by atoms with Gasteiger partial charge in [-0.1, -0.05) is 13.8 Å². The maximum atomic E-state index is 12.1. The minimum absolute atomic E-state index is 0.0169. The summed E-state index contributed by atoms with van der Waals surface area (Å²) in [4.78, 5) is 20.3. The molecule has 0 atom stereocenters. The number of carbonyl (C=O) groups excluding carboxylic acids is 1. The van der Waals surface area contributed by atoms with Crippen molar-refractivity contribution in [2.45, 2.75) is 39.5 Å². The summed E-state index contributed by atoms with van der Waals surface area (Å²) in [6.07, 6.45) is 7.49. The fourth-order valence-electron chi connectivity index (χ4n) is 2.43. The molecule has 104 valence electrons. The number of ether oxygens (including phenoxy) is 1. The summed E-state index contributed by atoms with van der Waals surface area (Å²) in [6.45, 7) is 5.56. The Kier molecular flexibility index (Phi) is 5.02. The van der Waals surface area contributed by atoms with E-state index in [-0.39, 0.29) is 11.7 Å². The van der Waals surface area contributed by atoms with E-state index in [2.05, 4.69) is 9.97 Å². The molecule has 1 aliphatic heterocycles. The summed E-state index contributed by atoms with van der Waals surface area (Å²) in [5.74, 6) is 0.803. The Morgan fingerprint density at radius 3 is 2.84 bits per heavy atom. The molecule has 1 fully saturated rings. The quantitative estimate of drug-likeness (QED) is 0.765. The fourth-order valence-corrected chi connectivity index (χ4v) is 2.43. The molecule has 0 radical (unpaired) electrons. The molecule has 2 heterocycles. The highest BCUT2D eigenvalue weighted by Crippen LogP contribution is 2.22. The van der Waals surface area contributed by atoms with Crippen molar-refractivity contribution in [2.24, 2.45) is 11.8 Å². The normalized spacial score (nSPS) is 16.8. The Morgan fingerprint density at radius 1 is 1.42 bits per heavy atom. The van der Waals surface area contributed by atoms with Crippen LogP contribution in [0.25, 0.3) is 0 Å². The number of ketones is 1. The van der Waals surface area contributed by atoms with Crippen LogP contribution in [0.1, 0.15) is 49.2 Å². The van der Waals surface area contributed by atoms with Crippen LogP contribution in [0.5, 0.6) is 0 Å². The summed E-state index contributed by atoms with van der Waals surface area (Å²) in [5.41, 5.74) is 1.60. The van der Waals surface area contributed by atoms with Gasteiger partial charge in [-0.15, -0.1) is 0 Å². The monoisotopic (exact) mass is 262 g/mol. The molecular formula is C15H22N2O2. The minimum atomic E-state index is -0.0169. The molecule has 0 aliphatic carbocycles. The van der Waals surface area contributed by atoms with Gasteiger partial charge in [-0.05, 0) is 37.2 Å². The molecule has 1 aromatic heterocycles. The second-order valence-electron chi connectivity index (χ2n) is 5.51. The van der Waals surface area contributed by atoms with E-state index >= 15 is 0 Å². The third-order valence-electron chi connectivity index (χ3n) is 3.71. The minimum Gasteiger partial charge on any atom is -0.381 e. The Bertz CT molecular complexity index is 426. The molecule has 0 N–H and O–H groups in total. The van der Waals surface area contributed by atoms with Crippen LogP contribution in [0.4, 0.5) is 0 Å². The van der Waals surface area contributed by atoms with Gasteiger partial charge in [0, 0.05) is 25.3 Å². The van der Waals surface area contributed by atoms with E-state index in [0.29, 0.717) is 11.6 Å². The second-order valence-corrected chi connectivity index (χ2v) is 5.51. The van der Waals surface area contributed by atoms with Crippen LogP contribution >= 0.6 is 0 Å².